The lowest BCUT2D eigenvalue weighted by atomic mass is 9.93. The molecule has 0 saturated heterocycles. The molecule has 0 bridgehead atoms. The van der Waals surface area contributed by atoms with Gasteiger partial charge in [0.1, 0.15) is 0 Å². The summed E-state index contributed by atoms with van der Waals surface area (Å²) in [4.78, 5) is 6.46. The lowest BCUT2D eigenvalue weighted by molar-refractivity contribution is 0.145. The minimum atomic E-state index is -0.159. The molecule has 0 radical (unpaired) electrons. The van der Waals surface area contributed by atoms with Crippen LogP contribution in [0.25, 0.3) is 0 Å². The number of nitrogens with two attached hydrogens (primary N) is 1. The number of likely N-dealkylation sites (N-methyl/N-ethyl adjacent to an activating group) is 1. The lowest BCUT2D eigenvalue weighted by Crippen LogP contribution is -2.44. The Balaban J connectivity index is 3.02. The van der Waals surface area contributed by atoms with Crippen molar-refractivity contribution >= 4 is 0 Å². The molecule has 0 fully saturated rings. The molecular formula is C13H23N3O. The number of hydrogen-bond acceptors (Lipinski definition) is 4. The van der Waals surface area contributed by atoms with E-state index in [1.807, 2.05) is 19.1 Å². The fraction of sp³-hybridized carbons (Fsp3) is 0.615. The van der Waals surface area contributed by atoms with Gasteiger partial charge in [-0.1, -0.05) is 6.07 Å². The van der Waals surface area contributed by atoms with Gasteiger partial charge in [0.25, 0.3) is 0 Å². The van der Waals surface area contributed by atoms with Crippen LogP contribution in [0, 0.1) is 0 Å². The van der Waals surface area contributed by atoms with E-state index in [1.54, 1.807) is 13.3 Å². The van der Waals surface area contributed by atoms with Crippen molar-refractivity contribution in [2.75, 3.05) is 20.7 Å². The zero-order valence-corrected chi connectivity index (χ0v) is 11.4. The van der Waals surface area contributed by atoms with Gasteiger partial charge in [0, 0.05) is 29.9 Å². The average Bonchev–Trinajstić information content (AvgIpc) is 2.28. The molecule has 1 aromatic heterocycles. The van der Waals surface area contributed by atoms with E-state index in [0.29, 0.717) is 5.88 Å². The van der Waals surface area contributed by atoms with Crippen LogP contribution in [0.5, 0.6) is 5.88 Å². The monoisotopic (exact) mass is 237 g/mol. The van der Waals surface area contributed by atoms with Crippen LogP contribution >= 0.6 is 0 Å². The summed E-state index contributed by atoms with van der Waals surface area (Å²) in [6, 6.07) is 4.12. The molecular weight excluding hydrogens is 214 g/mol. The molecule has 4 heteroatoms. The normalized spacial score (nSPS) is 13.8. The van der Waals surface area contributed by atoms with Gasteiger partial charge in [-0.2, -0.15) is 0 Å². The molecule has 0 amide bonds. The van der Waals surface area contributed by atoms with Crippen LogP contribution in [-0.2, 0) is 5.54 Å². The highest BCUT2D eigenvalue weighted by Crippen LogP contribution is 2.32. The molecule has 96 valence electrons. The van der Waals surface area contributed by atoms with Gasteiger partial charge in [-0.15, -0.1) is 0 Å². The van der Waals surface area contributed by atoms with Crippen LogP contribution in [0.1, 0.15) is 26.3 Å². The zero-order chi connectivity index (χ0) is 13.1. The molecule has 0 aliphatic carbocycles. The lowest BCUT2D eigenvalue weighted by Gasteiger charge is -2.37. The smallest absolute Gasteiger partial charge is 0.218 e. The highest BCUT2D eigenvalue weighted by Gasteiger charge is 2.29. The topological polar surface area (TPSA) is 51.4 Å². The first-order valence-electron chi connectivity index (χ1n) is 5.86. The first kappa shape index (κ1) is 13.9. The molecule has 2 N–H and O–H groups in total. The number of ether oxygens (including phenoxy) is 1. The summed E-state index contributed by atoms with van der Waals surface area (Å²) in [5, 5.41) is 0. The zero-order valence-electron chi connectivity index (χ0n) is 11.4. The Morgan fingerprint density at radius 3 is 2.71 bits per heavy atom. The Hall–Kier alpha value is -1.13. The van der Waals surface area contributed by atoms with Gasteiger partial charge in [0.05, 0.1) is 7.11 Å². The van der Waals surface area contributed by atoms with Gasteiger partial charge >= 0.3 is 0 Å². The van der Waals surface area contributed by atoms with E-state index in [4.69, 9.17) is 10.5 Å². The number of rotatable bonds is 5. The Morgan fingerprint density at radius 1 is 1.53 bits per heavy atom. The second-order valence-corrected chi connectivity index (χ2v) is 4.98. The number of hydrogen-bond donors (Lipinski definition) is 1. The maximum atomic E-state index is 5.85. The molecule has 1 unspecified atom stereocenters. The Morgan fingerprint density at radius 2 is 2.18 bits per heavy atom. The van der Waals surface area contributed by atoms with Crippen molar-refractivity contribution in [3.05, 3.63) is 23.9 Å². The second kappa shape index (κ2) is 5.47. The van der Waals surface area contributed by atoms with Crippen molar-refractivity contribution in [3.63, 3.8) is 0 Å². The molecule has 1 heterocycles. The summed E-state index contributed by atoms with van der Waals surface area (Å²) in [7, 11) is 3.71. The van der Waals surface area contributed by atoms with Gasteiger partial charge in [0.15, 0.2) is 0 Å². The average molecular weight is 237 g/mol. The first-order valence-corrected chi connectivity index (χ1v) is 5.86. The third-order valence-corrected chi connectivity index (χ3v) is 3.14. The molecule has 1 atom stereocenters. The molecule has 1 aromatic rings. The fourth-order valence-corrected chi connectivity index (χ4v) is 1.88. The van der Waals surface area contributed by atoms with Crippen molar-refractivity contribution in [3.8, 4) is 5.88 Å². The van der Waals surface area contributed by atoms with E-state index in [-0.39, 0.29) is 11.6 Å². The summed E-state index contributed by atoms with van der Waals surface area (Å²) < 4.78 is 5.32. The van der Waals surface area contributed by atoms with E-state index >= 15 is 0 Å². The summed E-state index contributed by atoms with van der Waals surface area (Å²) in [5.74, 6) is 0.675. The minimum absolute atomic E-state index is 0.141. The Kier molecular flexibility index (Phi) is 4.48. The summed E-state index contributed by atoms with van der Waals surface area (Å²) in [6.45, 7) is 7.13. The Bertz CT molecular complexity index is 363. The van der Waals surface area contributed by atoms with E-state index in [2.05, 4.69) is 30.8 Å². The maximum Gasteiger partial charge on any atom is 0.218 e. The predicted octanol–water partition coefficient (Wildman–Crippen LogP) is 1.60. The highest BCUT2D eigenvalue weighted by atomic mass is 16.5. The second-order valence-electron chi connectivity index (χ2n) is 4.98. The predicted molar refractivity (Wildman–Crippen MR) is 70.1 cm³/mol. The molecule has 4 nitrogen and oxygen atoms in total. The van der Waals surface area contributed by atoms with Crippen LogP contribution in [0.2, 0.25) is 0 Å². The van der Waals surface area contributed by atoms with Gasteiger partial charge in [-0.05, 0) is 33.9 Å². The van der Waals surface area contributed by atoms with Gasteiger partial charge in [-0.25, -0.2) is 4.98 Å². The van der Waals surface area contributed by atoms with Crippen molar-refractivity contribution in [2.24, 2.45) is 5.73 Å². The number of methoxy groups -OCH3 is 1. The molecule has 0 aliphatic rings. The Labute approximate surface area is 104 Å². The van der Waals surface area contributed by atoms with Gasteiger partial charge in [0.2, 0.25) is 5.88 Å². The first-order chi connectivity index (χ1) is 7.89. The van der Waals surface area contributed by atoms with Crippen molar-refractivity contribution in [1.29, 1.82) is 0 Å². The summed E-state index contributed by atoms with van der Waals surface area (Å²) in [5.41, 5.74) is 6.77. The van der Waals surface area contributed by atoms with Crippen molar-refractivity contribution in [2.45, 2.75) is 32.4 Å². The number of nitrogens with zero attached hydrogens (tertiary/aromatic N) is 2. The highest BCUT2D eigenvalue weighted by molar-refractivity contribution is 5.32. The van der Waals surface area contributed by atoms with Gasteiger partial charge < -0.3 is 10.5 Å². The van der Waals surface area contributed by atoms with Gasteiger partial charge in [-0.3, -0.25) is 4.90 Å². The van der Waals surface area contributed by atoms with E-state index in [0.717, 1.165) is 12.1 Å². The van der Waals surface area contributed by atoms with Crippen molar-refractivity contribution in [1.82, 2.24) is 9.88 Å². The van der Waals surface area contributed by atoms with Crippen molar-refractivity contribution < 1.29 is 4.74 Å². The van der Waals surface area contributed by atoms with Crippen LogP contribution in [0.4, 0.5) is 0 Å². The summed E-state index contributed by atoms with van der Waals surface area (Å²) >= 11 is 0. The molecule has 0 aromatic carbocycles. The maximum absolute atomic E-state index is 5.85. The van der Waals surface area contributed by atoms with E-state index in [1.165, 1.54) is 0 Å². The molecule has 17 heavy (non-hydrogen) atoms. The largest absolute Gasteiger partial charge is 0.481 e. The number of pyridine rings is 1. The number of aromatic nitrogens is 1. The quantitative estimate of drug-likeness (QED) is 0.845. The third kappa shape index (κ3) is 3.17. The molecule has 0 aliphatic heterocycles. The standard InChI is InChI=1S/C13H23N3O/c1-10(14)9-16(4)13(2,3)11-7-6-8-15-12(11)17-5/h6-8,10H,9,14H2,1-5H3. The van der Waals surface area contributed by atoms with Crippen LogP contribution in [0.3, 0.4) is 0 Å². The third-order valence-electron chi connectivity index (χ3n) is 3.14. The summed E-state index contributed by atoms with van der Waals surface area (Å²) in [6.07, 6.45) is 1.74. The van der Waals surface area contributed by atoms with Crippen LogP contribution < -0.4 is 10.5 Å². The molecule has 1 rings (SSSR count). The SMILES string of the molecule is COc1ncccc1C(C)(C)N(C)CC(C)N. The van der Waals surface area contributed by atoms with E-state index < -0.39 is 0 Å². The van der Waals surface area contributed by atoms with E-state index in [9.17, 15) is 0 Å². The fourth-order valence-electron chi connectivity index (χ4n) is 1.88. The molecule has 0 spiro atoms. The minimum Gasteiger partial charge on any atom is -0.481 e. The molecule has 0 saturated carbocycles. The van der Waals surface area contributed by atoms with Crippen LogP contribution in [0.15, 0.2) is 18.3 Å². The van der Waals surface area contributed by atoms with Crippen LogP contribution in [-0.4, -0.2) is 36.6 Å².